The second kappa shape index (κ2) is 8.05. The molecule has 1 aliphatic heterocycles. The maximum atomic E-state index is 13.0. The van der Waals surface area contributed by atoms with Gasteiger partial charge in [0.05, 0.1) is 5.92 Å². The summed E-state index contributed by atoms with van der Waals surface area (Å²) in [5.74, 6) is -1.07. The molecule has 0 aliphatic carbocycles. The fourth-order valence-corrected chi connectivity index (χ4v) is 3.25. The van der Waals surface area contributed by atoms with E-state index in [0.29, 0.717) is 27.7 Å². The van der Waals surface area contributed by atoms with Gasteiger partial charge in [0.25, 0.3) is 0 Å². The molecule has 2 heterocycles. The van der Waals surface area contributed by atoms with Gasteiger partial charge >= 0.3 is 5.97 Å². The maximum absolute atomic E-state index is 13.0. The van der Waals surface area contributed by atoms with Crippen molar-refractivity contribution in [2.45, 2.75) is 13.0 Å². The number of anilines is 1. The average molecular weight is 415 g/mol. The minimum Gasteiger partial charge on any atom is -0.459 e. The largest absolute Gasteiger partial charge is 0.459 e. The monoisotopic (exact) mass is 414 g/mol. The summed E-state index contributed by atoms with van der Waals surface area (Å²) in [5, 5.41) is 4.44. The molecule has 1 aliphatic rings. The second-order valence-electron chi connectivity index (χ2n) is 6.68. The van der Waals surface area contributed by atoms with E-state index in [1.165, 1.54) is 12.1 Å². The number of amides is 1. The van der Waals surface area contributed by atoms with Gasteiger partial charge in [0, 0.05) is 35.3 Å². The lowest BCUT2D eigenvalue weighted by atomic mass is 10.1. The third-order valence-electron chi connectivity index (χ3n) is 4.65. The summed E-state index contributed by atoms with van der Waals surface area (Å²) >= 11 is 5.87. The quantitative estimate of drug-likeness (QED) is 0.584. The zero-order valence-corrected chi connectivity index (χ0v) is 15.9. The standard InChI is InChI=1S/C21H16ClFN2O4/c22-15-3-7-18(8-4-15)25-11-14(9-20(25)26)21(27)28-12-17-10-19(29-24-17)13-1-5-16(23)6-2-13/h1-8,10,14H,9,11-12H2. The Morgan fingerprint density at radius 2 is 1.93 bits per heavy atom. The highest BCUT2D eigenvalue weighted by molar-refractivity contribution is 6.30. The number of benzene rings is 2. The number of halogens is 2. The van der Waals surface area contributed by atoms with E-state index in [4.69, 9.17) is 20.9 Å². The molecule has 0 radical (unpaired) electrons. The lowest BCUT2D eigenvalue weighted by Crippen LogP contribution is -2.26. The minimum absolute atomic E-state index is 0.0742. The first-order chi connectivity index (χ1) is 14.0. The van der Waals surface area contributed by atoms with Gasteiger partial charge in [0.15, 0.2) is 5.76 Å². The zero-order chi connectivity index (χ0) is 20.4. The third kappa shape index (κ3) is 4.30. The van der Waals surface area contributed by atoms with Gasteiger partial charge in [0.1, 0.15) is 18.1 Å². The highest BCUT2D eigenvalue weighted by Gasteiger charge is 2.36. The van der Waals surface area contributed by atoms with Crippen LogP contribution in [0, 0.1) is 11.7 Å². The fraction of sp³-hybridized carbons (Fsp3) is 0.190. The Morgan fingerprint density at radius 1 is 1.21 bits per heavy atom. The van der Waals surface area contributed by atoms with Crippen molar-refractivity contribution in [3.63, 3.8) is 0 Å². The van der Waals surface area contributed by atoms with Crippen LogP contribution in [0.4, 0.5) is 10.1 Å². The Hall–Kier alpha value is -3.19. The Labute approximate surface area is 170 Å². The average Bonchev–Trinajstić information content (AvgIpc) is 3.34. The number of nitrogens with zero attached hydrogens (tertiary/aromatic N) is 2. The number of carbonyl (C=O) groups excluding carboxylic acids is 2. The number of ether oxygens (including phenoxy) is 1. The molecule has 29 heavy (non-hydrogen) atoms. The second-order valence-corrected chi connectivity index (χ2v) is 7.12. The predicted molar refractivity (Wildman–Crippen MR) is 104 cm³/mol. The summed E-state index contributed by atoms with van der Waals surface area (Å²) in [6.45, 7) is 0.175. The van der Waals surface area contributed by atoms with Gasteiger partial charge in [0.2, 0.25) is 5.91 Å². The summed E-state index contributed by atoms with van der Waals surface area (Å²) in [6, 6.07) is 14.3. The zero-order valence-electron chi connectivity index (χ0n) is 15.2. The van der Waals surface area contributed by atoms with E-state index >= 15 is 0 Å². The molecule has 1 saturated heterocycles. The minimum atomic E-state index is -0.554. The number of aromatic nitrogens is 1. The number of rotatable bonds is 5. The van der Waals surface area contributed by atoms with E-state index < -0.39 is 11.9 Å². The van der Waals surface area contributed by atoms with Gasteiger partial charge < -0.3 is 14.2 Å². The molecule has 148 valence electrons. The number of hydrogen-bond acceptors (Lipinski definition) is 5. The molecule has 0 spiro atoms. The maximum Gasteiger partial charge on any atom is 0.311 e. The summed E-state index contributed by atoms with van der Waals surface area (Å²) in [5.41, 5.74) is 1.78. The third-order valence-corrected chi connectivity index (χ3v) is 4.90. The number of esters is 1. The van der Waals surface area contributed by atoms with Crippen molar-refractivity contribution in [2.75, 3.05) is 11.4 Å². The van der Waals surface area contributed by atoms with Crippen LogP contribution >= 0.6 is 11.6 Å². The Morgan fingerprint density at radius 3 is 2.66 bits per heavy atom. The first-order valence-electron chi connectivity index (χ1n) is 8.94. The first-order valence-corrected chi connectivity index (χ1v) is 9.31. The molecule has 3 aromatic rings. The SMILES string of the molecule is O=C(OCc1cc(-c2ccc(F)cc2)on1)C1CC(=O)N(c2ccc(Cl)cc2)C1. The molecule has 1 atom stereocenters. The van der Waals surface area contributed by atoms with Crippen LogP contribution in [0.2, 0.25) is 5.02 Å². The summed E-state index contributed by atoms with van der Waals surface area (Å²) in [6.07, 6.45) is 0.0844. The Balaban J connectivity index is 1.35. The molecule has 1 fully saturated rings. The van der Waals surface area contributed by atoms with Gasteiger partial charge in [-0.05, 0) is 48.5 Å². The van der Waals surface area contributed by atoms with E-state index in [0.717, 1.165) is 0 Å². The van der Waals surface area contributed by atoms with Crippen LogP contribution in [0.15, 0.2) is 59.1 Å². The van der Waals surface area contributed by atoms with Crippen molar-refractivity contribution >= 4 is 29.2 Å². The molecule has 0 bridgehead atoms. The van der Waals surface area contributed by atoms with Crippen molar-refractivity contribution in [3.8, 4) is 11.3 Å². The summed E-state index contributed by atoms with van der Waals surface area (Å²) in [4.78, 5) is 26.2. The highest BCUT2D eigenvalue weighted by atomic mass is 35.5. The van der Waals surface area contributed by atoms with Crippen LogP contribution < -0.4 is 4.90 Å². The van der Waals surface area contributed by atoms with Crippen molar-refractivity contribution in [3.05, 3.63) is 71.1 Å². The smallest absolute Gasteiger partial charge is 0.311 e. The van der Waals surface area contributed by atoms with Crippen molar-refractivity contribution < 1.29 is 23.2 Å². The highest BCUT2D eigenvalue weighted by Crippen LogP contribution is 2.27. The van der Waals surface area contributed by atoms with Crippen molar-refractivity contribution in [2.24, 2.45) is 5.92 Å². The van der Waals surface area contributed by atoms with E-state index in [1.54, 1.807) is 47.4 Å². The van der Waals surface area contributed by atoms with E-state index in [1.807, 2.05) is 0 Å². The van der Waals surface area contributed by atoms with Gasteiger partial charge in [-0.2, -0.15) is 0 Å². The molecule has 0 saturated carbocycles. The molecule has 6 nitrogen and oxygen atoms in total. The van der Waals surface area contributed by atoms with E-state index in [2.05, 4.69) is 5.16 Å². The van der Waals surface area contributed by atoms with E-state index in [-0.39, 0.29) is 31.3 Å². The summed E-state index contributed by atoms with van der Waals surface area (Å²) in [7, 11) is 0. The molecule has 1 amide bonds. The number of carbonyl (C=O) groups is 2. The van der Waals surface area contributed by atoms with Gasteiger partial charge in [-0.3, -0.25) is 9.59 Å². The molecule has 8 heteroatoms. The van der Waals surface area contributed by atoms with Crippen LogP contribution in [0.3, 0.4) is 0 Å². The van der Waals surface area contributed by atoms with Crippen LogP contribution in [0.5, 0.6) is 0 Å². The molecule has 1 aromatic heterocycles. The lowest BCUT2D eigenvalue weighted by Gasteiger charge is -2.16. The van der Waals surface area contributed by atoms with E-state index in [9.17, 15) is 14.0 Å². The normalized spacial score (nSPS) is 16.3. The molecule has 4 rings (SSSR count). The Bertz CT molecular complexity index is 1030. The van der Waals surface area contributed by atoms with Crippen LogP contribution in [0.1, 0.15) is 12.1 Å². The summed E-state index contributed by atoms with van der Waals surface area (Å²) < 4.78 is 23.5. The van der Waals surface area contributed by atoms with Gasteiger partial charge in [-0.1, -0.05) is 16.8 Å². The number of hydrogen-bond donors (Lipinski definition) is 0. The van der Waals surface area contributed by atoms with Crippen molar-refractivity contribution in [1.82, 2.24) is 5.16 Å². The molecular weight excluding hydrogens is 399 g/mol. The Kier molecular flexibility index (Phi) is 5.31. The molecule has 2 aromatic carbocycles. The van der Waals surface area contributed by atoms with Crippen LogP contribution in [-0.4, -0.2) is 23.6 Å². The molecule has 0 N–H and O–H groups in total. The fourth-order valence-electron chi connectivity index (χ4n) is 3.13. The van der Waals surface area contributed by atoms with Crippen LogP contribution in [0.25, 0.3) is 11.3 Å². The topological polar surface area (TPSA) is 72.6 Å². The van der Waals surface area contributed by atoms with Crippen molar-refractivity contribution in [1.29, 1.82) is 0 Å². The van der Waals surface area contributed by atoms with Gasteiger partial charge in [-0.25, -0.2) is 4.39 Å². The lowest BCUT2D eigenvalue weighted by molar-refractivity contribution is -0.149. The molecule has 1 unspecified atom stereocenters. The van der Waals surface area contributed by atoms with Gasteiger partial charge in [-0.15, -0.1) is 0 Å². The molecular formula is C21H16ClFN2O4. The van der Waals surface area contributed by atoms with Crippen LogP contribution in [-0.2, 0) is 20.9 Å². The predicted octanol–water partition coefficient (Wildman–Crippen LogP) is 4.23. The first kappa shape index (κ1) is 19.1.